The molecule has 0 spiro atoms. The van der Waals surface area contributed by atoms with Crippen LogP contribution >= 0.6 is 11.6 Å². The molecule has 1 heterocycles. The molecule has 0 bridgehead atoms. The highest BCUT2D eigenvalue weighted by molar-refractivity contribution is 6.33. The first-order chi connectivity index (χ1) is 8.97. The molecule has 2 aromatic rings. The van der Waals surface area contributed by atoms with Gasteiger partial charge in [0, 0.05) is 23.5 Å². The maximum atomic E-state index is 12.0. The number of benzene rings is 1. The molecule has 1 aromatic heterocycles. The number of nitrogens with one attached hydrogen (secondary N) is 2. The van der Waals surface area contributed by atoms with Gasteiger partial charge < -0.3 is 16.0 Å². The number of nitrogens with two attached hydrogens (primary N) is 1. The lowest BCUT2D eigenvalue weighted by Crippen LogP contribution is -2.16. The average molecular weight is 278 g/mol. The maximum Gasteiger partial charge on any atom is 0.255 e. The smallest absolute Gasteiger partial charge is 0.255 e. The Kier molecular flexibility index (Phi) is 3.57. The van der Waals surface area contributed by atoms with Crippen LogP contribution in [0.5, 0.6) is 0 Å². The van der Waals surface area contributed by atoms with Crippen molar-refractivity contribution in [2.75, 3.05) is 11.1 Å². The highest BCUT2D eigenvalue weighted by atomic mass is 35.5. The molecule has 0 aliphatic rings. The molecule has 0 unspecified atom stereocenters. The summed E-state index contributed by atoms with van der Waals surface area (Å²) < 4.78 is 0. The van der Waals surface area contributed by atoms with Crippen LogP contribution in [0.4, 0.5) is 11.4 Å². The zero-order valence-corrected chi connectivity index (χ0v) is 10.9. The Morgan fingerprint density at radius 3 is 2.79 bits per heavy atom. The van der Waals surface area contributed by atoms with Crippen molar-refractivity contribution in [2.24, 2.45) is 0 Å². The lowest BCUT2D eigenvalue weighted by atomic mass is 10.1. The number of aryl methyl sites for hydroxylation is 1. The summed E-state index contributed by atoms with van der Waals surface area (Å²) in [5, 5.41) is 3.06. The molecule has 0 saturated carbocycles. The van der Waals surface area contributed by atoms with Crippen LogP contribution < -0.4 is 16.6 Å². The van der Waals surface area contributed by atoms with E-state index in [1.54, 1.807) is 19.1 Å². The van der Waals surface area contributed by atoms with Crippen LogP contribution in [0, 0.1) is 6.92 Å². The second-order valence-electron chi connectivity index (χ2n) is 4.08. The fraction of sp³-hybridized carbons (Fsp3) is 0.0769. The van der Waals surface area contributed by atoms with Gasteiger partial charge >= 0.3 is 0 Å². The minimum absolute atomic E-state index is 0.274. The van der Waals surface area contributed by atoms with Crippen LogP contribution in [0.15, 0.2) is 35.3 Å². The predicted octanol–water partition coefficient (Wildman–Crippen LogP) is 2.17. The summed E-state index contributed by atoms with van der Waals surface area (Å²) in [6, 6.07) is 6.00. The number of rotatable bonds is 2. The fourth-order valence-corrected chi connectivity index (χ4v) is 1.78. The van der Waals surface area contributed by atoms with Gasteiger partial charge in [0.2, 0.25) is 5.56 Å². The number of aromatic amines is 1. The highest BCUT2D eigenvalue weighted by Gasteiger charge is 2.10. The van der Waals surface area contributed by atoms with E-state index < -0.39 is 0 Å². The van der Waals surface area contributed by atoms with E-state index in [0.717, 1.165) is 5.56 Å². The molecule has 4 N–H and O–H groups in total. The number of hydrogen-bond acceptors (Lipinski definition) is 3. The van der Waals surface area contributed by atoms with Crippen LogP contribution in [0.25, 0.3) is 0 Å². The molecule has 6 heteroatoms. The minimum atomic E-state index is -0.380. The molecule has 5 nitrogen and oxygen atoms in total. The van der Waals surface area contributed by atoms with E-state index in [1.165, 1.54) is 18.3 Å². The first-order valence-electron chi connectivity index (χ1n) is 5.53. The van der Waals surface area contributed by atoms with Gasteiger partial charge in [0.1, 0.15) is 0 Å². The third-order valence-corrected chi connectivity index (χ3v) is 2.96. The SMILES string of the molecule is Cc1cc(N)c(Cl)cc1NC(=O)c1cc[nH]c(=O)c1. The molecular formula is C13H12ClN3O2. The summed E-state index contributed by atoms with van der Waals surface area (Å²) in [5.74, 6) is -0.380. The standard InChI is InChI=1S/C13H12ClN3O2/c1-7-4-10(15)9(14)6-11(7)17-13(19)8-2-3-16-12(18)5-8/h2-6H,15H2,1H3,(H,16,18)(H,17,19). The fourth-order valence-electron chi connectivity index (χ4n) is 1.62. The number of nitrogen functional groups attached to an aromatic ring is 1. The van der Waals surface area contributed by atoms with Crippen LogP contribution in [0.2, 0.25) is 5.02 Å². The van der Waals surface area contributed by atoms with Crippen molar-refractivity contribution in [3.8, 4) is 0 Å². The van der Waals surface area contributed by atoms with Gasteiger partial charge in [0.15, 0.2) is 0 Å². The van der Waals surface area contributed by atoms with Gasteiger partial charge in [-0.2, -0.15) is 0 Å². The maximum absolute atomic E-state index is 12.0. The first kappa shape index (κ1) is 13.2. The van der Waals surface area contributed by atoms with Crippen molar-refractivity contribution >= 4 is 28.9 Å². The number of amides is 1. The first-order valence-corrected chi connectivity index (χ1v) is 5.91. The molecule has 0 atom stereocenters. The van der Waals surface area contributed by atoms with Crippen LogP contribution in [-0.2, 0) is 0 Å². The molecular weight excluding hydrogens is 266 g/mol. The van der Waals surface area contributed by atoms with E-state index in [-0.39, 0.29) is 17.0 Å². The number of aromatic nitrogens is 1. The molecule has 2 rings (SSSR count). The Bertz CT molecular complexity index is 695. The summed E-state index contributed by atoms with van der Waals surface area (Å²) >= 11 is 5.91. The molecule has 0 aliphatic heterocycles. The van der Waals surface area contributed by atoms with Crippen molar-refractivity contribution < 1.29 is 4.79 Å². The number of halogens is 1. The van der Waals surface area contributed by atoms with Crippen molar-refractivity contribution in [2.45, 2.75) is 6.92 Å². The Morgan fingerprint density at radius 1 is 1.37 bits per heavy atom. The molecule has 0 fully saturated rings. The van der Waals surface area contributed by atoms with Crippen molar-refractivity contribution in [3.05, 3.63) is 57.0 Å². The Balaban J connectivity index is 2.29. The molecule has 1 amide bonds. The topological polar surface area (TPSA) is 88.0 Å². The number of carbonyl (C=O) groups excluding carboxylic acids is 1. The number of H-pyrrole nitrogens is 1. The van der Waals surface area contributed by atoms with Gasteiger partial charge in [0.05, 0.1) is 10.7 Å². The lowest BCUT2D eigenvalue weighted by Gasteiger charge is -2.10. The van der Waals surface area contributed by atoms with E-state index in [9.17, 15) is 9.59 Å². The van der Waals surface area contributed by atoms with Crippen molar-refractivity contribution in [3.63, 3.8) is 0 Å². The minimum Gasteiger partial charge on any atom is -0.398 e. The lowest BCUT2D eigenvalue weighted by molar-refractivity contribution is 0.102. The summed E-state index contributed by atoms with van der Waals surface area (Å²) in [7, 11) is 0. The number of hydrogen-bond donors (Lipinski definition) is 3. The summed E-state index contributed by atoms with van der Waals surface area (Å²) in [5.41, 5.74) is 7.41. The zero-order chi connectivity index (χ0) is 14.0. The molecule has 0 aliphatic carbocycles. The number of pyridine rings is 1. The summed E-state index contributed by atoms with van der Waals surface area (Å²) in [6.07, 6.45) is 1.42. The molecule has 1 aromatic carbocycles. The van der Waals surface area contributed by atoms with Gasteiger partial charge in [-0.15, -0.1) is 0 Å². The normalized spacial score (nSPS) is 10.2. The largest absolute Gasteiger partial charge is 0.398 e. The van der Waals surface area contributed by atoms with E-state index in [4.69, 9.17) is 17.3 Å². The van der Waals surface area contributed by atoms with Gasteiger partial charge in [-0.05, 0) is 30.7 Å². The number of carbonyl (C=O) groups is 1. The third-order valence-electron chi connectivity index (χ3n) is 2.63. The van der Waals surface area contributed by atoms with Crippen LogP contribution in [0.1, 0.15) is 15.9 Å². The van der Waals surface area contributed by atoms with Gasteiger partial charge in [-0.3, -0.25) is 9.59 Å². The summed E-state index contributed by atoms with van der Waals surface area (Å²) in [6.45, 7) is 1.81. The van der Waals surface area contributed by atoms with Crippen LogP contribution in [-0.4, -0.2) is 10.9 Å². The Labute approximate surface area is 114 Å². The van der Waals surface area contributed by atoms with E-state index >= 15 is 0 Å². The average Bonchev–Trinajstić information content (AvgIpc) is 2.36. The van der Waals surface area contributed by atoms with E-state index in [0.29, 0.717) is 16.4 Å². The van der Waals surface area contributed by atoms with Crippen molar-refractivity contribution in [1.82, 2.24) is 4.98 Å². The van der Waals surface area contributed by atoms with E-state index in [2.05, 4.69) is 10.3 Å². The number of anilines is 2. The Hall–Kier alpha value is -2.27. The third kappa shape index (κ3) is 2.95. The second kappa shape index (κ2) is 5.16. The zero-order valence-electron chi connectivity index (χ0n) is 10.2. The predicted molar refractivity (Wildman–Crippen MR) is 75.6 cm³/mol. The highest BCUT2D eigenvalue weighted by Crippen LogP contribution is 2.26. The van der Waals surface area contributed by atoms with Gasteiger partial charge in [-0.25, -0.2) is 0 Å². The second-order valence-corrected chi connectivity index (χ2v) is 4.49. The van der Waals surface area contributed by atoms with Crippen molar-refractivity contribution in [1.29, 1.82) is 0 Å². The van der Waals surface area contributed by atoms with Gasteiger partial charge in [0.25, 0.3) is 5.91 Å². The Morgan fingerprint density at radius 2 is 2.11 bits per heavy atom. The van der Waals surface area contributed by atoms with Crippen LogP contribution in [0.3, 0.4) is 0 Å². The molecule has 0 radical (unpaired) electrons. The van der Waals surface area contributed by atoms with E-state index in [1.807, 2.05) is 0 Å². The molecule has 0 saturated heterocycles. The van der Waals surface area contributed by atoms with Gasteiger partial charge in [-0.1, -0.05) is 11.6 Å². The quantitative estimate of drug-likeness (QED) is 0.735. The monoisotopic (exact) mass is 277 g/mol. The molecule has 19 heavy (non-hydrogen) atoms. The molecule has 98 valence electrons. The summed E-state index contributed by atoms with van der Waals surface area (Å²) in [4.78, 5) is 25.6.